The highest BCUT2D eigenvalue weighted by Gasteiger charge is 2.54. The van der Waals surface area contributed by atoms with E-state index in [0.717, 1.165) is 16.7 Å². The van der Waals surface area contributed by atoms with Crippen molar-refractivity contribution in [1.82, 2.24) is 0 Å². The Bertz CT molecular complexity index is 1030. The van der Waals surface area contributed by atoms with Crippen molar-refractivity contribution in [3.63, 3.8) is 0 Å². The number of rotatable bonds is 6. The molecule has 3 atom stereocenters. The molecule has 1 aliphatic heterocycles. The number of nitrogens with one attached hydrogen (secondary N) is 1. The molecule has 4 rings (SSSR count). The summed E-state index contributed by atoms with van der Waals surface area (Å²) in [4.78, 5) is 12.2. The first kappa shape index (κ1) is 20.6. The number of anilines is 1. The van der Waals surface area contributed by atoms with Gasteiger partial charge in [-0.1, -0.05) is 78.4 Å². The molecular formula is C24H22ClN3OS. The number of amides is 1. The lowest BCUT2D eigenvalue weighted by Crippen LogP contribution is -2.45. The number of halogens is 1. The first-order valence-corrected chi connectivity index (χ1v) is 11.2. The fraction of sp³-hybridized carbons (Fsp3) is 0.208. The standard InChI is InChI=1S/C24H22ClN3OS/c1-17-12-14-20(15-13-17)26-23(29)24(30-16-18-8-4-2-5-9-18)22(25)21(27-28-24)19-10-6-3-7-11-19/h2-15,21-22H,16H2,1H3,(H,26,29)/t21-,22-,24+/m0/s1. The molecule has 0 unspecified atom stereocenters. The van der Waals surface area contributed by atoms with Crippen molar-refractivity contribution in [3.05, 3.63) is 102 Å². The van der Waals surface area contributed by atoms with E-state index in [2.05, 4.69) is 15.5 Å². The van der Waals surface area contributed by atoms with Crippen LogP contribution in [-0.4, -0.2) is 16.2 Å². The van der Waals surface area contributed by atoms with Crippen molar-refractivity contribution in [3.8, 4) is 0 Å². The first-order chi connectivity index (χ1) is 14.6. The Hall–Kier alpha value is -2.63. The summed E-state index contributed by atoms with van der Waals surface area (Å²) in [5, 5.41) is 11.3. The topological polar surface area (TPSA) is 53.8 Å². The second-order valence-electron chi connectivity index (χ2n) is 7.26. The zero-order valence-corrected chi connectivity index (χ0v) is 18.1. The fourth-order valence-corrected chi connectivity index (χ4v) is 5.01. The maximum atomic E-state index is 13.5. The third-order valence-electron chi connectivity index (χ3n) is 5.06. The van der Waals surface area contributed by atoms with E-state index in [0.29, 0.717) is 11.4 Å². The molecule has 0 saturated carbocycles. The second kappa shape index (κ2) is 9.02. The number of carbonyl (C=O) groups is 1. The molecule has 3 aromatic rings. The molecule has 1 N–H and O–H groups in total. The SMILES string of the molecule is Cc1ccc(NC(=O)[C@@]2(SCc3ccccc3)N=N[C@@H](c3ccccc3)[C@@H]2Cl)cc1. The average molecular weight is 436 g/mol. The molecule has 6 heteroatoms. The third kappa shape index (κ3) is 4.27. The van der Waals surface area contributed by atoms with Crippen LogP contribution in [0.25, 0.3) is 0 Å². The summed E-state index contributed by atoms with van der Waals surface area (Å²) >= 11 is 8.34. The summed E-state index contributed by atoms with van der Waals surface area (Å²) in [6.07, 6.45) is 0. The van der Waals surface area contributed by atoms with E-state index < -0.39 is 10.2 Å². The number of azo groups is 1. The van der Waals surface area contributed by atoms with Crippen LogP contribution in [0.4, 0.5) is 5.69 Å². The number of carbonyl (C=O) groups excluding carboxylic acids is 1. The van der Waals surface area contributed by atoms with Gasteiger partial charge in [-0.15, -0.1) is 23.4 Å². The van der Waals surface area contributed by atoms with E-state index in [4.69, 9.17) is 11.6 Å². The van der Waals surface area contributed by atoms with Gasteiger partial charge >= 0.3 is 0 Å². The molecule has 0 radical (unpaired) electrons. The zero-order chi connectivity index (χ0) is 21.0. The van der Waals surface area contributed by atoms with E-state index in [1.807, 2.05) is 91.9 Å². The molecule has 1 amide bonds. The highest BCUT2D eigenvalue weighted by atomic mass is 35.5. The molecule has 3 aromatic carbocycles. The van der Waals surface area contributed by atoms with Gasteiger partial charge in [-0.3, -0.25) is 4.79 Å². The van der Waals surface area contributed by atoms with Gasteiger partial charge in [0.2, 0.25) is 4.87 Å². The smallest absolute Gasteiger partial charge is 0.266 e. The molecule has 0 fully saturated rings. The number of thioether (sulfide) groups is 1. The molecule has 30 heavy (non-hydrogen) atoms. The van der Waals surface area contributed by atoms with Crippen molar-refractivity contribution in [2.24, 2.45) is 10.2 Å². The van der Waals surface area contributed by atoms with Crippen LogP contribution >= 0.6 is 23.4 Å². The van der Waals surface area contributed by atoms with Gasteiger partial charge in [0.15, 0.2) is 0 Å². The molecule has 0 saturated heterocycles. The maximum Gasteiger partial charge on any atom is 0.266 e. The van der Waals surface area contributed by atoms with Crippen LogP contribution in [0.1, 0.15) is 22.7 Å². The Kier molecular flexibility index (Phi) is 6.21. The summed E-state index contributed by atoms with van der Waals surface area (Å²) in [5.41, 5.74) is 3.90. The average Bonchev–Trinajstić information content (AvgIpc) is 3.12. The second-order valence-corrected chi connectivity index (χ2v) is 8.93. The van der Waals surface area contributed by atoms with Crippen LogP contribution in [0, 0.1) is 6.92 Å². The quantitative estimate of drug-likeness (QED) is 0.457. The van der Waals surface area contributed by atoms with Crippen LogP contribution in [0.15, 0.2) is 95.2 Å². The van der Waals surface area contributed by atoms with Crippen LogP contribution < -0.4 is 5.32 Å². The van der Waals surface area contributed by atoms with E-state index >= 15 is 0 Å². The van der Waals surface area contributed by atoms with Gasteiger partial charge in [0.1, 0.15) is 11.4 Å². The Morgan fingerprint density at radius 3 is 2.30 bits per heavy atom. The van der Waals surface area contributed by atoms with Crippen molar-refractivity contribution < 1.29 is 4.79 Å². The zero-order valence-electron chi connectivity index (χ0n) is 16.5. The molecule has 0 aromatic heterocycles. The Morgan fingerprint density at radius 2 is 1.63 bits per heavy atom. The summed E-state index contributed by atoms with van der Waals surface area (Å²) in [6.45, 7) is 2.01. The van der Waals surface area contributed by atoms with Gasteiger partial charge in [0.05, 0.1) is 0 Å². The summed E-state index contributed by atoms with van der Waals surface area (Å²) < 4.78 is 0. The predicted molar refractivity (Wildman–Crippen MR) is 124 cm³/mol. The van der Waals surface area contributed by atoms with Crippen molar-refractivity contribution in [1.29, 1.82) is 0 Å². The summed E-state index contributed by atoms with van der Waals surface area (Å²) in [6, 6.07) is 27.1. The number of aryl methyl sites for hydroxylation is 1. The van der Waals surface area contributed by atoms with E-state index in [1.165, 1.54) is 11.8 Å². The lowest BCUT2D eigenvalue weighted by atomic mass is 10.00. The summed E-state index contributed by atoms with van der Waals surface area (Å²) in [7, 11) is 0. The van der Waals surface area contributed by atoms with Crippen molar-refractivity contribution in [2.45, 2.75) is 29.0 Å². The Labute approximate surface area is 185 Å². The largest absolute Gasteiger partial charge is 0.323 e. The normalized spacial score (nSPS) is 22.7. The van der Waals surface area contributed by atoms with E-state index in [1.54, 1.807) is 0 Å². The molecule has 4 nitrogen and oxygen atoms in total. The fourth-order valence-electron chi connectivity index (χ4n) is 3.33. The van der Waals surface area contributed by atoms with Crippen molar-refractivity contribution in [2.75, 3.05) is 5.32 Å². The lowest BCUT2D eigenvalue weighted by Gasteiger charge is -2.28. The van der Waals surface area contributed by atoms with Crippen molar-refractivity contribution >= 4 is 35.0 Å². The van der Waals surface area contributed by atoms with Crippen LogP contribution in [0.5, 0.6) is 0 Å². The highest BCUT2D eigenvalue weighted by Crippen LogP contribution is 2.49. The van der Waals surface area contributed by atoms with Crippen LogP contribution in [-0.2, 0) is 10.5 Å². The minimum atomic E-state index is -1.22. The van der Waals surface area contributed by atoms with Gasteiger partial charge in [0, 0.05) is 11.4 Å². The monoisotopic (exact) mass is 435 g/mol. The molecule has 0 spiro atoms. The van der Waals surface area contributed by atoms with Gasteiger partial charge < -0.3 is 5.32 Å². The molecule has 1 aliphatic rings. The van der Waals surface area contributed by atoms with Gasteiger partial charge in [-0.25, -0.2) is 0 Å². The maximum absolute atomic E-state index is 13.5. The predicted octanol–water partition coefficient (Wildman–Crippen LogP) is 6.38. The number of hydrogen-bond acceptors (Lipinski definition) is 4. The minimum absolute atomic E-state index is 0.255. The molecule has 1 heterocycles. The van der Waals surface area contributed by atoms with Gasteiger partial charge in [-0.05, 0) is 30.2 Å². The molecule has 0 bridgehead atoms. The van der Waals surface area contributed by atoms with Crippen LogP contribution in [0.2, 0.25) is 0 Å². The van der Waals surface area contributed by atoms with Gasteiger partial charge in [0.25, 0.3) is 5.91 Å². The third-order valence-corrected chi connectivity index (χ3v) is 7.18. The number of nitrogens with zero attached hydrogens (tertiary/aromatic N) is 2. The Balaban J connectivity index is 1.62. The number of hydrogen-bond donors (Lipinski definition) is 1. The number of alkyl halides is 1. The van der Waals surface area contributed by atoms with E-state index in [-0.39, 0.29) is 11.9 Å². The Morgan fingerprint density at radius 1 is 1.00 bits per heavy atom. The number of benzene rings is 3. The molecular weight excluding hydrogens is 414 g/mol. The van der Waals surface area contributed by atoms with Crippen LogP contribution in [0.3, 0.4) is 0 Å². The minimum Gasteiger partial charge on any atom is -0.323 e. The summed E-state index contributed by atoms with van der Waals surface area (Å²) in [5.74, 6) is 0.348. The lowest BCUT2D eigenvalue weighted by molar-refractivity contribution is -0.118. The molecule has 0 aliphatic carbocycles. The molecule has 152 valence electrons. The highest BCUT2D eigenvalue weighted by molar-refractivity contribution is 8.00. The first-order valence-electron chi connectivity index (χ1n) is 9.75. The van der Waals surface area contributed by atoms with Gasteiger partial charge in [-0.2, -0.15) is 10.2 Å². The van der Waals surface area contributed by atoms with E-state index in [9.17, 15) is 4.79 Å².